The molecule has 0 saturated carbocycles. The maximum absolute atomic E-state index is 12.6. The van der Waals surface area contributed by atoms with Crippen molar-refractivity contribution in [3.05, 3.63) is 66.5 Å². The molecule has 0 atom stereocenters. The number of aromatic amines is 1. The van der Waals surface area contributed by atoms with Gasteiger partial charge in [0.2, 0.25) is 10.0 Å². The van der Waals surface area contributed by atoms with Crippen LogP contribution in [0.1, 0.15) is 16.8 Å². The van der Waals surface area contributed by atoms with E-state index in [1.54, 1.807) is 36.7 Å². The molecule has 0 unspecified atom stereocenters. The molecule has 7 nitrogen and oxygen atoms in total. The summed E-state index contributed by atoms with van der Waals surface area (Å²) in [6, 6.07) is 14.1. The van der Waals surface area contributed by atoms with Gasteiger partial charge in [-0.05, 0) is 42.3 Å². The highest BCUT2D eigenvalue weighted by Crippen LogP contribution is 2.25. The largest absolute Gasteiger partial charge is 0.322 e. The quantitative estimate of drug-likeness (QED) is 0.725. The van der Waals surface area contributed by atoms with Crippen molar-refractivity contribution >= 4 is 27.3 Å². The highest BCUT2D eigenvalue weighted by Gasteiger charge is 2.28. The molecule has 3 aromatic rings. The highest BCUT2D eigenvalue weighted by molar-refractivity contribution is 7.93. The first-order valence-corrected chi connectivity index (χ1v) is 10.1. The average Bonchev–Trinajstić information content (AvgIpc) is 3.32. The number of carbonyl (C=O) groups excluding carboxylic acids is 1. The van der Waals surface area contributed by atoms with Crippen LogP contribution in [0.3, 0.4) is 0 Å². The van der Waals surface area contributed by atoms with Gasteiger partial charge in [-0.15, -0.1) is 0 Å². The van der Waals surface area contributed by atoms with Gasteiger partial charge in [0.15, 0.2) is 0 Å². The summed E-state index contributed by atoms with van der Waals surface area (Å²) in [5, 5.41) is 9.52. The van der Waals surface area contributed by atoms with Crippen LogP contribution in [0, 0.1) is 0 Å². The van der Waals surface area contributed by atoms with Gasteiger partial charge in [0.25, 0.3) is 5.91 Å². The number of H-pyrrole nitrogens is 1. The van der Waals surface area contributed by atoms with Crippen molar-refractivity contribution in [2.45, 2.75) is 6.42 Å². The van der Waals surface area contributed by atoms with Crippen molar-refractivity contribution in [1.29, 1.82) is 0 Å². The van der Waals surface area contributed by atoms with Gasteiger partial charge in [0.05, 0.1) is 17.6 Å². The number of anilines is 2. The number of aromatic nitrogens is 2. The third kappa shape index (κ3) is 3.56. The van der Waals surface area contributed by atoms with E-state index in [9.17, 15) is 13.2 Å². The fraction of sp³-hybridized carbons (Fsp3) is 0.158. The normalized spacial score (nSPS) is 15.6. The molecule has 2 heterocycles. The molecule has 1 saturated heterocycles. The molecule has 4 rings (SSSR count). The van der Waals surface area contributed by atoms with Gasteiger partial charge < -0.3 is 5.32 Å². The summed E-state index contributed by atoms with van der Waals surface area (Å²) in [5.74, 6) is -0.142. The Balaban J connectivity index is 1.51. The molecule has 1 aromatic heterocycles. The second-order valence-electron chi connectivity index (χ2n) is 6.31. The van der Waals surface area contributed by atoms with Gasteiger partial charge in [0, 0.05) is 29.6 Å². The molecule has 8 heteroatoms. The molecule has 0 radical (unpaired) electrons. The SMILES string of the molecule is O=C(Nc1ccc(-c2cn[nH]c2)cc1)c1cccc(N2CCCS2(=O)=O)c1. The zero-order chi connectivity index (χ0) is 18.9. The Morgan fingerprint density at radius 2 is 1.93 bits per heavy atom. The fourth-order valence-electron chi connectivity index (χ4n) is 3.09. The van der Waals surface area contributed by atoms with Crippen molar-refractivity contribution in [1.82, 2.24) is 10.2 Å². The monoisotopic (exact) mass is 382 g/mol. The van der Waals surface area contributed by atoms with Crippen molar-refractivity contribution in [3.8, 4) is 11.1 Å². The Kier molecular flexibility index (Phi) is 4.41. The van der Waals surface area contributed by atoms with Crippen LogP contribution in [0.15, 0.2) is 60.9 Å². The van der Waals surface area contributed by atoms with Gasteiger partial charge in [-0.2, -0.15) is 5.10 Å². The summed E-state index contributed by atoms with van der Waals surface area (Å²) in [4.78, 5) is 12.6. The number of benzene rings is 2. The van der Waals surface area contributed by atoms with Gasteiger partial charge in [-0.1, -0.05) is 18.2 Å². The molecule has 0 aliphatic carbocycles. The maximum atomic E-state index is 12.6. The molecule has 1 fully saturated rings. The van der Waals surface area contributed by atoms with E-state index in [0.29, 0.717) is 29.9 Å². The van der Waals surface area contributed by atoms with Crippen LogP contribution in [-0.4, -0.2) is 36.8 Å². The lowest BCUT2D eigenvalue weighted by molar-refractivity contribution is 0.102. The van der Waals surface area contributed by atoms with Crippen LogP contribution < -0.4 is 9.62 Å². The molecule has 1 aliphatic rings. The number of nitrogens with zero attached hydrogens (tertiary/aromatic N) is 2. The van der Waals surface area contributed by atoms with Crippen LogP contribution in [0.2, 0.25) is 0 Å². The van der Waals surface area contributed by atoms with Crippen LogP contribution in [0.25, 0.3) is 11.1 Å². The summed E-state index contributed by atoms with van der Waals surface area (Å²) < 4.78 is 25.5. The minimum Gasteiger partial charge on any atom is -0.322 e. The van der Waals surface area contributed by atoms with Crippen molar-refractivity contribution in [2.75, 3.05) is 21.9 Å². The summed E-state index contributed by atoms with van der Waals surface area (Å²) in [7, 11) is -3.27. The molecule has 27 heavy (non-hydrogen) atoms. The summed E-state index contributed by atoms with van der Waals surface area (Å²) in [6.07, 6.45) is 4.12. The van der Waals surface area contributed by atoms with E-state index in [1.807, 2.05) is 24.3 Å². The van der Waals surface area contributed by atoms with Crippen molar-refractivity contribution in [2.24, 2.45) is 0 Å². The Labute approximate surface area is 157 Å². The van der Waals surface area contributed by atoms with E-state index < -0.39 is 10.0 Å². The Morgan fingerprint density at radius 3 is 2.59 bits per heavy atom. The summed E-state index contributed by atoms with van der Waals surface area (Å²) in [5.41, 5.74) is 3.55. The first-order valence-electron chi connectivity index (χ1n) is 8.54. The third-order valence-corrected chi connectivity index (χ3v) is 6.34. The predicted octanol–water partition coefficient (Wildman–Crippen LogP) is 2.87. The van der Waals surface area contributed by atoms with E-state index in [2.05, 4.69) is 15.5 Å². The molecule has 1 amide bonds. The number of sulfonamides is 1. The van der Waals surface area contributed by atoms with E-state index in [-0.39, 0.29) is 11.7 Å². The Bertz CT molecular complexity index is 1060. The Morgan fingerprint density at radius 1 is 1.11 bits per heavy atom. The fourth-order valence-corrected chi connectivity index (χ4v) is 4.65. The molecule has 2 aromatic carbocycles. The second kappa shape index (κ2) is 6.88. The van der Waals surface area contributed by atoms with Crippen LogP contribution in [0.5, 0.6) is 0 Å². The smallest absolute Gasteiger partial charge is 0.255 e. The molecule has 0 spiro atoms. The van der Waals surface area contributed by atoms with E-state index in [1.165, 1.54) is 4.31 Å². The van der Waals surface area contributed by atoms with Gasteiger partial charge >= 0.3 is 0 Å². The first kappa shape index (κ1) is 17.3. The predicted molar refractivity (Wildman–Crippen MR) is 104 cm³/mol. The topological polar surface area (TPSA) is 95.2 Å². The zero-order valence-electron chi connectivity index (χ0n) is 14.4. The lowest BCUT2D eigenvalue weighted by Gasteiger charge is -2.17. The minimum absolute atomic E-state index is 0.145. The van der Waals surface area contributed by atoms with Crippen LogP contribution >= 0.6 is 0 Å². The second-order valence-corrected chi connectivity index (χ2v) is 8.32. The first-order chi connectivity index (χ1) is 13.0. The molecule has 138 valence electrons. The molecular weight excluding hydrogens is 364 g/mol. The number of nitrogens with one attached hydrogen (secondary N) is 2. The van der Waals surface area contributed by atoms with Gasteiger partial charge in [-0.3, -0.25) is 14.2 Å². The van der Waals surface area contributed by atoms with Crippen LogP contribution in [-0.2, 0) is 10.0 Å². The average molecular weight is 382 g/mol. The third-order valence-electron chi connectivity index (χ3n) is 4.47. The lowest BCUT2D eigenvalue weighted by Crippen LogP contribution is -2.25. The highest BCUT2D eigenvalue weighted by atomic mass is 32.2. The number of hydrogen-bond donors (Lipinski definition) is 2. The van der Waals surface area contributed by atoms with E-state index in [4.69, 9.17) is 0 Å². The standard InChI is InChI=1S/C19H18N4O3S/c24-19(22-17-7-5-14(6-8-17)16-12-20-21-13-16)15-3-1-4-18(11-15)23-9-2-10-27(23,25)26/h1,3-8,11-13H,2,9-10H2,(H,20,21)(H,22,24). The molecule has 2 N–H and O–H groups in total. The zero-order valence-corrected chi connectivity index (χ0v) is 15.2. The molecule has 0 bridgehead atoms. The van der Waals surface area contributed by atoms with E-state index in [0.717, 1.165) is 11.1 Å². The number of rotatable bonds is 4. The number of carbonyl (C=O) groups is 1. The Hall–Kier alpha value is -3.13. The summed E-state index contributed by atoms with van der Waals surface area (Å²) >= 11 is 0. The van der Waals surface area contributed by atoms with E-state index >= 15 is 0 Å². The molecule has 1 aliphatic heterocycles. The summed E-state index contributed by atoms with van der Waals surface area (Å²) in [6.45, 7) is 0.447. The maximum Gasteiger partial charge on any atom is 0.255 e. The van der Waals surface area contributed by atoms with Crippen molar-refractivity contribution in [3.63, 3.8) is 0 Å². The van der Waals surface area contributed by atoms with Crippen molar-refractivity contribution < 1.29 is 13.2 Å². The molecular formula is C19H18N4O3S. The van der Waals surface area contributed by atoms with Crippen LogP contribution in [0.4, 0.5) is 11.4 Å². The number of hydrogen-bond acceptors (Lipinski definition) is 4. The minimum atomic E-state index is -3.27. The number of amides is 1. The van der Waals surface area contributed by atoms with Gasteiger partial charge in [-0.25, -0.2) is 8.42 Å². The lowest BCUT2D eigenvalue weighted by atomic mass is 10.1. The van der Waals surface area contributed by atoms with Gasteiger partial charge in [0.1, 0.15) is 0 Å².